The zero-order valence-electron chi connectivity index (χ0n) is 8.31. The van der Waals surface area contributed by atoms with E-state index < -0.39 is 14.1 Å². The molecule has 0 aliphatic heterocycles. The SMILES string of the molecule is C[CH](C)[Al]([CH](C)C)[CH](C)C.[HH]. The molecule has 0 aromatic carbocycles. The van der Waals surface area contributed by atoms with Crippen molar-refractivity contribution in [2.75, 3.05) is 0 Å². The molecule has 0 aromatic heterocycles. The van der Waals surface area contributed by atoms with Crippen LogP contribution >= 0.6 is 0 Å². The first-order valence-electron chi connectivity index (χ1n) is 4.46. The van der Waals surface area contributed by atoms with Crippen molar-refractivity contribution in [1.29, 1.82) is 0 Å². The lowest BCUT2D eigenvalue weighted by molar-refractivity contribution is 0.863. The first-order chi connectivity index (χ1) is 4.46. The van der Waals surface area contributed by atoms with Crippen molar-refractivity contribution in [3.8, 4) is 0 Å². The third-order valence-electron chi connectivity index (χ3n) is 2.31. The molecule has 0 aliphatic carbocycles. The van der Waals surface area contributed by atoms with Crippen LogP contribution in [0.3, 0.4) is 0 Å². The van der Waals surface area contributed by atoms with Gasteiger partial charge < -0.3 is 0 Å². The van der Waals surface area contributed by atoms with Crippen molar-refractivity contribution in [2.45, 2.75) is 55.9 Å². The summed E-state index contributed by atoms with van der Waals surface area (Å²) in [5.41, 5.74) is 0. The Hall–Kier alpha value is 0.532. The fourth-order valence-electron chi connectivity index (χ4n) is 2.31. The lowest BCUT2D eigenvalue weighted by atomic mass is 10.5. The minimum Gasteiger partial charge on any atom is -0.0873 e. The molecule has 0 atom stereocenters. The first kappa shape index (κ1) is 10.5. The zero-order valence-corrected chi connectivity index (χ0v) is 9.46. The molecule has 0 amide bonds. The van der Waals surface area contributed by atoms with E-state index in [0.29, 0.717) is 0 Å². The van der Waals surface area contributed by atoms with Crippen molar-refractivity contribution in [1.82, 2.24) is 0 Å². The summed E-state index contributed by atoms with van der Waals surface area (Å²) in [6.45, 7) is 14.3. The van der Waals surface area contributed by atoms with E-state index in [1.165, 1.54) is 0 Å². The molecule has 0 rings (SSSR count). The largest absolute Gasteiger partial charge is 0.270 e. The van der Waals surface area contributed by atoms with Crippen LogP contribution in [-0.2, 0) is 0 Å². The molecule has 0 radical (unpaired) electrons. The molecule has 0 unspecified atom stereocenters. The fraction of sp³-hybridized carbons (Fsp3) is 1.00. The molecule has 62 valence electrons. The Morgan fingerprint density at radius 1 is 0.700 bits per heavy atom. The zero-order chi connectivity index (χ0) is 8.31. The number of hydrogen-bond acceptors (Lipinski definition) is 0. The molecule has 0 heterocycles. The molecule has 1 heteroatoms. The van der Waals surface area contributed by atoms with Gasteiger partial charge in [0.1, 0.15) is 0 Å². The summed E-state index contributed by atoms with van der Waals surface area (Å²) in [5, 5.41) is 0. The minimum atomic E-state index is -0.454. The molecule has 0 aromatic rings. The van der Waals surface area contributed by atoms with Crippen LogP contribution in [0.25, 0.3) is 0 Å². The molecule has 0 saturated heterocycles. The Balaban J connectivity index is 0. The molecular weight excluding hydrogens is 135 g/mol. The van der Waals surface area contributed by atoms with E-state index in [9.17, 15) is 0 Å². The highest BCUT2D eigenvalue weighted by Crippen LogP contribution is 2.28. The maximum atomic E-state index is 2.39. The Morgan fingerprint density at radius 3 is 0.900 bits per heavy atom. The van der Waals surface area contributed by atoms with Crippen molar-refractivity contribution in [3.63, 3.8) is 0 Å². The van der Waals surface area contributed by atoms with Crippen LogP contribution in [0.5, 0.6) is 0 Å². The Bertz CT molecular complexity index is 70.5. The summed E-state index contributed by atoms with van der Waals surface area (Å²) in [6.07, 6.45) is 0. The smallest absolute Gasteiger partial charge is 0.0873 e. The maximum Gasteiger partial charge on any atom is 0.270 e. The lowest BCUT2D eigenvalue weighted by Gasteiger charge is -2.22. The van der Waals surface area contributed by atoms with E-state index in [2.05, 4.69) is 41.5 Å². The fourth-order valence-corrected chi connectivity index (χ4v) is 6.93. The van der Waals surface area contributed by atoms with Gasteiger partial charge in [0.15, 0.2) is 0 Å². The van der Waals surface area contributed by atoms with Crippen LogP contribution in [0.1, 0.15) is 43.0 Å². The predicted octanol–water partition coefficient (Wildman–Crippen LogP) is 3.96. The highest BCUT2D eigenvalue weighted by molar-refractivity contribution is 6.63. The summed E-state index contributed by atoms with van der Waals surface area (Å²) < 4.78 is 2.92. The van der Waals surface area contributed by atoms with E-state index >= 15 is 0 Å². The van der Waals surface area contributed by atoms with Gasteiger partial charge in [0.25, 0.3) is 14.1 Å². The van der Waals surface area contributed by atoms with Gasteiger partial charge in [-0.3, -0.25) is 0 Å². The summed E-state index contributed by atoms with van der Waals surface area (Å²) >= 11 is -0.454. The summed E-state index contributed by atoms with van der Waals surface area (Å²) in [7, 11) is 0. The van der Waals surface area contributed by atoms with Gasteiger partial charge in [0, 0.05) is 1.43 Å². The third kappa shape index (κ3) is 3.08. The molecule has 10 heavy (non-hydrogen) atoms. The van der Waals surface area contributed by atoms with Crippen LogP contribution in [-0.4, -0.2) is 14.1 Å². The maximum absolute atomic E-state index is 2.39. The van der Waals surface area contributed by atoms with E-state index in [1.807, 2.05) is 0 Å². The van der Waals surface area contributed by atoms with Crippen LogP contribution in [0.4, 0.5) is 0 Å². The van der Waals surface area contributed by atoms with Gasteiger partial charge in [0.2, 0.25) is 0 Å². The van der Waals surface area contributed by atoms with Crippen molar-refractivity contribution in [3.05, 3.63) is 0 Å². The Morgan fingerprint density at radius 2 is 0.900 bits per heavy atom. The monoisotopic (exact) mass is 158 g/mol. The van der Waals surface area contributed by atoms with Gasteiger partial charge in [0.05, 0.1) is 0 Å². The molecule has 0 saturated carbocycles. The first-order valence-corrected chi connectivity index (χ1v) is 6.46. The van der Waals surface area contributed by atoms with Crippen molar-refractivity contribution < 1.29 is 1.43 Å². The van der Waals surface area contributed by atoms with Crippen molar-refractivity contribution in [2.24, 2.45) is 0 Å². The summed E-state index contributed by atoms with van der Waals surface area (Å²) in [4.78, 5) is 0. The molecule has 0 N–H and O–H groups in total. The normalized spacial score (nSPS) is 11.7. The molecular formula is C9H23Al. The van der Waals surface area contributed by atoms with Gasteiger partial charge in [-0.15, -0.1) is 0 Å². The molecule has 0 fully saturated rings. The second-order valence-corrected chi connectivity index (χ2v) is 9.46. The average Bonchev–Trinajstić information content (AvgIpc) is 1.59. The van der Waals surface area contributed by atoms with Gasteiger partial charge in [-0.05, 0) is 0 Å². The lowest BCUT2D eigenvalue weighted by Crippen LogP contribution is -2.24. The van der Waals surface area contributed by atoms with Crippen molar-refractivity contribution >= 4 is 14.1 Å². The van der Waals surface area contributed by atoms with E-state index in [4.69, 9.17) is 0 Å². The highest BCUT2D eigenvalue weighted by atomic mass is 27.2. The van der Waals surface area contributed by atoms with Gasteiger partial charge in [-0.1, -0.05) is 55.9 Å². The summed E-state index contributed by atoms with van der Waals surface area (Å²) in [5.74, 6) is 0. The standard InChI is InChI=1S/3C3H7.Al.H2/c3*1-3-2;;/h3*3H,1-2H3;;1H. The quantitative estimate of drug-likeness (QED) is 0.545. The molecule has 0 aliphatic rings. The second-order valence-electron chi connectivity index (χ2n) is 4.31. The van der Waals surface area contributed by atoms with Crippen LogP contribution in [0.15, 0.2) is 0 Å². The molecule has 0 spiro atoms. The van der Waals surface area contributed by atoms with E-state index in [1.54, 1.807) is 0 Å². The third-order valence-corrected chi connectivity index (χ3v) is 6.93. The summed E-state index contributed by atoms with van der Waals surface area (Å²) in [6, 6.07) is 0. The van der Waals surface area contributed by atoms with E-state index in [0.717, 1.165) is 14.3 Å². The minimum absolute atomic E-state index is 0. The Labute approximate surface area is 71.9 Å². The number of rotatable bonds is 3. The van der Waals surface area contributed by atoms with Gasteiger partial charge in [-0.2, -0.15) is 0 Å². The average molecular weight is 158 g/mol. The molecule has 0 bridgehead atoms. The number of hydrogen-bond donors (Lipinski definition) is 0. The van der Waals surface area contributed by atoms with Crippen LogP contribution in [0.2, 0.25) is 14.3 Å². The highest BCUT2D eigenvalue weighted by Gasteiger charge is 2.27. The molecule has 0 nitrogen and oxygen atoms in total. The topological polar surface area (TPSA) is 0 Å². The van der Waals surface area contributed by atoms with Gasteiger partial charge >= 0.3 is 0 Å². The van der Waals surface area contributed by atoms with Gasteiger partial charge in [-0.25, -0.2) is 0 Å². The predicted molar refractivity (Wildman–Crippen MR) is 53.2 cm³/mol. The second kappa shape index (κ2) is 4.42. The Kier molecular flexibility index (Phi) is 4.65. The van der Waals surface area contributed by atoms with Crippen LogP contribution in [0, 0.1) is 0 Å². The van der Waals surface area contributed by atoms with Crippen LogP contribution < -0.4 is 0 Å². The van der Waals surface area contributed by atoms with E-state index in [-0.39, 0.29) is 1.43 Å².